The Hall–Kier alpha value is -0.610. The lowest BCUT2D eigenvalue weighted by Gasteiger charge is -2.40. The number of likely N-dealkylation sites (N-methyl/N-ethyl adjacent to an activating group) is 1. The van der Waals surface area contributed by atoms with Gasteiger partial charge in [0.1, 0.15) is 0 Å². The first-order valence-corrected chi connectivity index (χ1v) is 6.43. The number of amides is 1. The molecule has 0 saturated carbocycles. The van der Waals surface area contributed by atoms with Gasteiger partial charge >= 0.3 is 0 Å². The van der Waals surface area contributed by atoms with Crippen molar-refractivity contribution in [2.45, 2.75) is 58.2 Å². The van der Waals surface area contributed by atoms with E-state index in [-0.39, 0.29) is 30.1 Å². The lowest BCUT2D eigenvalue weighted by atomic mass is 10.0. The van der Waals surface area contributed by atoms with Crippen LogP contribution < -0.4 is 0 Å². The number of nitrogens with zero attached hydrogens (tertiary/aromatic N) is 2. The van der Waals surface area contributed by atoms with Gasteiger partial charge in [-0.2, -0.15) is 0 Å². The highest BCUT2D eigenvalue weighted by molar-refractivity contribution is 5.83. The first-order valence-electron chi connectivity index (χ1n) is 6.43. The predicted octanol–water partition coefficient (Wildman–Crippen LogP) is 1.09. The van der Waals surface area contributed by atoms with Crippen molar-refractivity contribution in [1.82, 2.24) is 9.80 Å². The topological polar surface area (TPSA) is 43.8 Å². The van der Waals surface area contributed by atoms with Crippen molar-refractivity contribution in [3.8, 4) is 0 Å². The molecule has 2 atom stereocenters. The molecule has 0 spiro atoms. The first-order chi connectivity index (χ1) is 7.79. The van der Waals surface area contributed by atoms with E-state index in [1.807, 2.05) is 11.9 Å². The van der Waals surface area contributed by atoms with E-state index < -0.39 is 0 Å². The summed E-state index contributed by atoms with van der Waals surface area (Å²) < 4.78 is 0. The van der Waals surface area contributed by atoms with E-state index in [2.05, 4.69) is 32.6 Å². The minimum absolute atomic E-state index is 0.0626. The summed E-state index contributed by atoms with van der Waals surface area (Å²) in [4.78, 5) is 16.6. The van der Waals surface area contributed by atoms with Crippen LogP contribution in [0, 0.1) is 0 Å². The SMILES string of the molecule is CC1CCN(C)C(CCO)C(=O)N1C(C)(C)C. The van der Waals surface area contributed by atoms with E-state index >= 15 is 0 Å². The zero-order valence-electron chi connectivity index (χ0n) is 11.7. The third kappa shape index (κ3) is 3.19. The number of hydrogen-bond acceptors (Lipinski definition) is 3. The average molecular weight is 242 g/mol. The maximum Gasteiger partial charge on any atom is 0.240 e. The smallest absolute Gasteiger partial charge is 0.240 e. The van der Waals surface area contributed by atoms with Gasteiger partial charge < -0.3 is 10.0 Å². The zero-order chi connectivity index (χ0) is 13.2. The van der Waals surface area contributed by atoms with Crippen molar-refractivity contribution in [2.75, 3.05) is 20.2 Å². The second-order valence-corrected chi connectivity index (χ2v) is 6.03. The second-order valence-electron chi connectivity index (χ2n) is 6.03. The van der Waals surface area contributed by atoms with Crippen LogP contribution in [-0.4, -0.2) is 58.6 Å². The summed E-state index contributed by atoms with van der Waals surface area (Å²) in [5, 5.41) is 9.10. The normalized spacial score (nSPS) is 28.4. The molecule has 4 nitrogen and oxygen atoms in total. The molecule has 17 heavy (non-hydrogen) atoms. The second kappa shape index (κ2) is 5.36. The third-order valence-corrected chi connectivity index (χ3v) is 3.52. The number of carbonyl (C=O) groups is 1. The molecule has 1 aliphatic heterocycles. The van der Waals surface area contributed by atoms with E-state index in [9.17, 15) is 4.79 Å². The Balaban J connectivity index is 2.99. The molecule has 0 bridgehead atoms. The molecule has 100 valence electrons. The average Bonchev–Trinajstić information content (AvgIpc) is 2.29. The summed E-state index contributed by atoms with van der Waals surface area (Å²) in [5.74, 6) is 0.152. The lowest BCUT2D eigenvalue weighted by Crippen LogP contribution is -2.54. The quantitative estimate of drug-likeness (QED) is 0.788. The summed E-state index contributed by atoms with van der Waals surface area (Å²) in [5.41, 5.74) is -0.157. The predicted molar refractivity (Wildman–Crippen MR) is 68.8 cm³/mol. The molecule has 0 aromatic rings. The third-order valence-electron chi connectivity index (χ3n) is 3.52. The molecule has 1 rings (SSSR count). The standard InChI is InChI=1S/C13H26N2O2/c1-10-6-8-14(5)11(7-9-16)12(17)15(10)13(2,3)4/h10-11,16H,6-9H2,1-5H3. The van der Waals surface area contributed by atoms with Gasteiger partial charge in [-0.25, -0.2) is 0 Å². The van der Waals surface area contributed by atoms with Crippen LogP contribution in [0.15, 0.2) is 0 Å². The molecule has 0 aromatic heterocycles. The highest BCUT2D eigenvalue weighted by atomic mass is 16.3. The molecule has 2 unspecified atom stereocenters. The van der Waals surface area contributed by atoms with E-state index in [1.54, 1.807) is 0 Å². The Bertz CT molecular complexity index is 273. The summed E-state index contributed by atoms with van der Waals surface area (Å²) in [7, 11) is 1.97. The maximum atomic E-state index is 12.6. The number of aliphatic hydroxyl groups excluding tert-OH is 1. The maximum absolute atomic E-state index is 12.6. The molecule has 4 heteroatoms. The van der Waals surface area contributed by atoms with Gasteiger partial charge in [0.05, 0.1) is 6.04 Å². The Kier molecular flexibility index (Phi) is 4.55. The minimum Gasteiger partial charge on any atom is -0.396 e. The number of rotatable bonds is 2. The van der Waals surface area contributed by atoms with Crippen LogP contribution in [0.2, 0.25) is 0 Å². The fraction of sp³-hybridized carbons (Fsp3) is 0.923. The molecular formula is C13H26N2O2. The zero-order valence-corrected chi connectivity index (χ0v) is 11.7. The van der Waals surface area contributed by atoms with Gasteiger partial charge in [0.25, 0.3) is 0 Å². The molecule has 1 amide bonds. The monoisotopic (exact) mass is 242 g/mol. The molecule has 0 radical (unpaired) electrons. The molecule has 1 N–H and O–H groups in total. The van der Waals surface area contributed by atoms with Crippen LogP contribution in [0.1, 0.15) is 40.5 Å². The Labute approximate surface area is 105 Å². The van der Waals surface area contributed by atoms with Gasteiger partial charge in [0, 0.05) is 24.7 Å². The number of hydrogen-bond donors (Lipinski definition) is 1. The van der Waals surface area contributed by atoms with Crippen LogP contribution in [0.25, 0.3) is 0 Å². The Morgan fingerprint density at radius 2 is 2.00 bits per heavy atom. The summed E-state index contributed by atoms with van der Waals surface area (Å²) in [6.07, 6.45) is 1.51. The van der Waals surface area contributed by atoms with Crippen molar-refractivity contribution in [2.24, 2.45) is 0 Å². The van der Waals surface area contributed by atoms with Gasteiger partial charge in [0.2, 0.25) is 5.91 Å². The summed E-state index contributed by atoms with van der Waals surface area (Å²) in [6.45, 7) is 9.30. The summed E-state index contributed by atoms with van der Waals surface area (Å²) >= 11 is 0. The lowest BCUT2D eigenvalue weighted by molar-refractivity contribution is -0.142. The van der Waals surface area contributed by atoms with Crippen LogP contribution >= 0.6 is 0 Å². The molecule has 0 aliphatic carbocycles. The first kappa shape index (κ1) is 14.5. The number of aliphatic hydroxyl groups is 1. The van der Waals surface area contributed by atoms with E-state index in [4.69, 9.17) is 5.11 Å². The number of carbonyl (C=O) groups excluding carboxylic acids is 1. The van der Waals surface area contributed by atoms with Crippen LogP contribution in [0.5, 0.6) is 0 Å². The van der Waals surface area contributed by atoms with Crippen LogP contribution in [0.3, 0.4) is 0 Å². The van der Waals surface area contributed by atoms with E-state index in [0.717, 1.165) is 13.0 Å². The van der Waals surface area contributed by atoms with E-state index in [0.29, 0.717) is 6.42 Å². The fourth-order valence-corrected chi connectivity index (χ4v) is 2.70. The van der Waals surface area contributed by atoms with Gasteiger partial charge in [0.15, 0.2) is 0 Å². The Morgan fingerprint density at radius 3 is 2.47 bits per heavy atom. The minimum atomic E-state index is -0.177. The highest BCUT2D eigenvalue weighted by Crippen LogP contribution is 2.25. The molecular weight excluding hydrogens is 216 g/mol. The van der Waals surface area contributed by atoms with E-state index in [1.165, 1.54) is 0 Å². The van der Waals surface area contributed by atoms with Crippen molar-refractivity contribution in [3.63, 3.8) is 0 Å². The van der Waals surface area contributed by atoms with Gasteiger partial charge in [-0.15, -0.1) is 0 Å². The van der Waals surface area contributed by atoms with Crippen LogP contribution in [0.4, 0.5) is 0 Å². The largest absolute Gasteiger partial charge is 0.396 e. The van der Waals surface area contributed by atoms with Crippen molar-refractivity contribution >= 4 is 5.91 Å². The molecule has 1 heterocycles. The van der Waals surface area contributed by atoms with Gasteiger partial charge in [-0.05, 0) is 47.6 Å². The molecule has 1 saturated heterocycles. The highest BCUT2D eigenvalue weighted by Gasteiger charge is 2.38. The fourth-order valence-electron chi connectivity index (χ4n) is 2.70. The molecule has 0 aromatic carbocycles. The van der Waals surface area contributed by atoms with Crippen molar-refractivity contribution < 1.29 is 9.90 Å². The van der Waals surface area contributed by atoms with Crippen molar-refractivity contribution in [1.29, 1.82) is 0 Å². The Morgan fingerprint density at radius 1 is 1.41 bits per heavy atom. The molecule has 1 aliphatic rings. The summed E-state index contributed by atoms with van der Waals surface area (Å²) in [6, 6.07) is 0.0813. The van der Waals surface area contributed by atoms with Crippen LogP contribution in [-0.2, 0) is 4.79 Å². The molecule has 1 fully saturated rings. The van der Waals surface area contributed by atoms with Crippen molar-refractivity contribution in [3.05, 3.63) is 0 Å². The van der Waals surface area contributed by atoms with Gasteiger partial charge in [-0.1, -0.05) is 0 Å². The van der Waals surface area contributed by atoms with Gasteiger partial charge in [-0.3, -0.25) is 9.69 Å².